The van der Waals surface area contributed by atoms with Crippen molar-refractivity contribution in [2.75, 3.05) is 0 Å². The van der Waals surface area contributed by atoms with Crippen molar-refractivity contribution in [3.63, 3.8) is 0 Å². The third-order valence-corrected chi connectivity index (χ3v) is 4.13. The molecule has 0 heterocycles. The van der Waals surface area contributed by atoms with E-state index >= 15 is 0 Å². The van der Waals surface area contributed by atoms with Gasteiger partial charge in [0.2, 0.25) is 0 Å². The predicted octanol–water partition coefficient (Wildman–Crippen LogP) is 3.62. The molecule has 3 nitrogen and oxygen atoms in total. The molecule has 0 rings (SSSR count). The molecule has 0 bridgehead atoms. The van der Waals surface area contributed by atoms with Crippen molar-refractivity contribution in [1.82, 2.24) is 0 Å². The van der Waals surface area contributed by atoms with Crippen LogP contribution in [-0.2, 0) is 9.53 Å². The van der Waals surface area contributed by atoms with Gasteiger partial charge in [-0.15, -0.1) is 0 Å². The highest BCUT2D eigenvalue weighted by Gasteiger charge is 2.75. The van der Waals surface area contributed by atoms with E-state index in [1.165, 1.54) is 29.5 Å². The number of alkyl halides is 7. The molecule has 126 valence electrons. The van der Waals surface area contributed by atoms with Crippen molar-refractivity contribution in [3.8, 4) is 0 Å². The second kappa shape index (κ2) is 6.88. The summed E-state index contributed by atoms with van der Waals surface area (Å²) in [6, 6.07) is 0. The molecule has 2 atom stereocenters. The number of ether oxygens (including phenoxy) is 1. The minimum Gasteiger partial charge on any atom is -0.457 e. The van der Waals surface area contributed by atoms with Gasteiger partial charge in [-0.3, -0.25) is 4.79 Å². The van der Waals surface area contributed by atoms with Crippen LogP contribution in [0, 0.1) is 5.92 Å². The fraction of sp³-hybridized carbons (Fsp3) is 0.909. The van der Waals surface area contributed by atoms with Crippen LogP contribution in [0.15, 0.2) is 0 Å². The van der Waals surface area contributed by atoms with Crippen LogP contribution in [0.4, 0.5) is 26.3 Å². The molecule has 2 unspecified atom stereocenters. The molecule has 0 amide bonds. The number of carbonyl (C=O) groups excluding carboxylic acids is 1. The molecule has 0 aliphatic carbocycles. The topological polar surface area (TPSA) is 46.5 Å². The number of carbonyl (C=O) groups is 1. The minimum absolute atomic E-state index is 0.167. The molecule has 0 spiro atoms. The van der Waals surface area contributed by atoms with Gasteiger partial charge in [-0.25, -0.2) is 0 Å². The Balaban J connectivity index is 5.75. The van der Waals surface area contributed by atoms with Crippen molar-refractivity contribution in [2.45, 2.75) is 55.2 Å². The standard InChI is InChI=1S/C11H15F6IO3/c1-4-6(18)8(19)21-7(5(2)3)9(20,10(12,13)14)11(15,16)17/h5-7,20H,4H2,1-3H3. The monoisotopic (exact) mass is 436 g/mol. The van der Waals surface area contributed by atoms with Crippen molar-refractivity contribution in [1.29, 1.82) is 0 Å². The fourth-order valence-corrected chi connectivity index (χ4v) is 1.70. The Kier molecular flexibility index (Phi) is 6.80. The molecule has 0 saturated carbocycles. The summed E-state index contributed by atoms with van der Waals surface area (Å²) in [6.07, 6.45) is -14.7. The fourth-order valence-electron chi connectivity index (χ4n) is 1.55. The van der Waals surface area contributed by atoms with E-state index in [1.54, 1.807) is 0 Å². The van der Waals surface area contributed by atoms with Gasteiger partial charge in [-0.1, -0.05) is 43.4 Å². The SMILES string of the molecule is CCC(I)C(=O)OC(C(C)C)C(O)(C(F)(F)F)C(F)(F)F. The van der Waals surface area contributed by atoms with E-state index in [4.69, 9.17) is 0 Å². The summed E-state index contributed by atoms with van der Waals surface area (Å²) in [6.45, 7) is 3.51. The smallest absolute Gasteiger partial charge is 0.430 e. The Labute approximate surface area is 131 Å². The quantitative estimate of drug-likeness (QED) is 0.310. The number of hydrogen-bond acceptors (Lipinski definition) is 3. The first-order valence-electron chi connectivity index (χ1n) is 5.90. The summed E-state index contributed by atoms with van der Waals surface area (Å²) in [5.41, 5.74) is -5.12. The van der Waals surface area contributed by atoms with E-state index in [0.29, 0.717) is 0 Å². The van der Waals surface area contributed by atoms with Gasteiger partial charge in [0.25, 0.3) is 5.60 Å². The lowest BCUT2D eigenvalue weighted by Gasteiger charge is -2.40. The summed E-state index contributed by atoms with van der Waals surface area (Å²) in [5.74, 6) is -2.63. The maximum Gasteiger partial charge on any atom is 0.430 e. The lowest BCUT2D eigenvalue weighted by Crippen LogP contribution is -2.66. The molecule has 0 aromatic heterocycles. The summed E-state index contributed by atoms with van der Waals surface area (Å²) < 4.78 is 80.1. The zero-order chi connectivity index (χ0) is 17.2. The van der Waals surface area contributed by atoms with E-state index < -0.39 is 39.9 Å². The van der Waals surface area contributed by atoms with Crippen LogP contribution >= 0.6 is 22.6 Å². The van der Waals surface area contributed by atoms with E-state index in [9.17, 15) is 36.2 Å². The largest absolute Gasteiger partial charge is 0.457 e. The highest BCUT2D eigenvalue weighted by Crippen LogP contribution is 2.48. The molecule has 0 aliphatic heterocycles. The Morgan fingerprint density at radius 1 is 1.14 bits per heavy atom. The Morgan fingerprint density at radius 3 is 1.76 bits per heavy atom. The van der Waals surface area contributed by atoms with Crippen molar-refractivity contribution in [2.24, 2.45) is 5.92 Å². The molecule has 10 heteroatoms. The molecule has 0 aromatic carbocycles. The molecule has 0 fully saturated rings. The highest BCUT2D eigenvalue weighted by atomic mass is 127. The molecule has 0 aliphatic rings. The van der Waals surface area contributed by atoms with Crippen LogP contribution in [0.2, 0.25) is 0 Å². The lowest BCUT2D eigenvalue weighted by molar-refractivity contribution is -0.395. The second-order valence-corrected chi connectivity index (χ2v) is 6.24. The van der Waals surface area contributed by atoms with E-state index in [0.717, 1.165) is 13.8 Å². The van der Waals surface area contributed by atoms with Crippen LogP contribution in [0.5, 0.6) is 0 Å². The first-order chi connectivity index (χ1) is 9.20. The van der Waals surface area contributed by atoms with Crippen LogP contribution in [0.3, 0.4) is 0 Å². The number of aliphatic hydroxyl groups is 1. The average molecular weight is 436 g/mol. The normalized spacial score (nSPS) is 16.8. The van der Waals surface area contributed by atoms with Crippen molar-refractivity contribution < 1.29 is 41.0 Å². The zero-order valence-electron chi connectivity index (χ0n) is 11.3. The molecule has 21 heavy (non-hydrogen) atoms. The maximum absolute atomic E-state index is 12.8. The highest BCUT2D eigenvalue weighted by molar-refractivity contribution is 14.1. The zero-order valence-corrected chi connectivity index (χ0v) is 13.5. The number of hydrogen-bond donors (Lipinski definition) is 1. The van der Waals surface area contributed by atoms with Crippen LogP contribution in [0.1, 0.15) is 27.2 Å². The molecular weight excluding hydrogens is 421 g/mol. The average Bonchev–Trinajstić information content (AvgIpc) is 2.30. The minimum atomic E-state index is -6.03. The van der Waals surface area contributed by atoms with Crippen LogP contribution < -0.4 is 0 Å². The molecule has 0 aromatic rings. The van der Waals surface area contributed by atoms with Crippen LogP contribution in [0.25, 0.3) is 0 Å². The van der Waals surface area contributed by atoms with Gasteiger partial charge in [0, 0.05) is 0 Å². The Hall–Kier alpha value is -0.260. The first kappa shape index (κ1) is 20.7. The van der Waals surface area contributed by atoms with Crippen LogP contribution in [-0.4, -0.2) is 39.1 Å². The summed E-state index contributed by atoms with van der Waals surface area (Å²) >= 11 is 1.54. The molecule has 0 saturated heterocycles. The van der Waals surface area contributed by atoms with Gasteiger partial charge in [-0.05, 0) is 12.3 Å². The van der Waals surface area contributed by atoms with E-state index in [-0.39, 0.29) is 6.42 Å². The second-order valence-electron chi connectivity index (χ2n) is 4.74. The maximum atomic E-state index is 12.8. The van der Waals surface area contributed by atoms with Crippen molar-refractivity contribution in [3.05, 3.63) is 0 Å². The Morgan fingerprint density at radius 2 is 1.52 bits per heavy atom. The number of rotatable bonds is 5. The first-order valence-corrected chi connectivity index (χ1v) is 7.15. The van der Waals surface area contributed by atoms with Gasteiger partial charge in [0.05, 0.1) is 0 Å². The number of esters is 1. The van der Waals surface area contributed by atoms with Gasteiger partial charge >= 0.3 is 18.3 Å². The molecule has 1 N–H and O–H groups in total. The number of halogens is 7. The lowest BCUT2D eigenvalue weighted by atomic mass is 9.87. The predicted molar refractivity (Wildman–Crippen MR) is 69.9 cm³/mol. The van der Waals surface area contributed by atoms with Gasteiger partial charge in [0.1, 0.15) is 3.92 Å². The molecular formula is C11H15F6IO3. The Bertz CT molecular complexity index is 352. The summed E-state index contributed by atoms with van der Waals surface area (Å²) in [4.78, 5) is 11.5. The third-order valence-electron chi connectivity index (χ3n) is 2.74. The van der Waals surface area contributed by atoms with E-state index in [2.05, 4.69) is 4.74 Å². The third kappa shape index (κ3) is 4.36. The summed E-state index contributed by atoms with van der Waals surface area (Å²) in [7, 11) is 0. The van der Waals surface area contributed by atoms with Crippen molar-refractivity contribution >= 4 is 28.6 Å². The van der Waals surface area contributed by atoms with Gasteiger partial charge in [0.15, 0.2) is 6.10 Å². The van der Waals surface area contributed by atoms with Gasteiger partial charge < -0.3 is 9.84 Å². The molecule has 0 radical (unpaired) electrons. The van der Waals surface area contributed by atoms with E-state index in [1.807, 2.05) is 0 Å². The summed E-state index contributed by atoms with van der Waals surface area (Å²) in [5, 5.41) is 9.29. The van der Waals surface area contributed by atoms with Gasteiger partial charge in [-0.2, -0.15) is 26.3 Å².